The minimum Gasteiger partial charge on any atom is -0.481 e. The zero-order valence-electron chi connectivity index (χ0n) is 12.9. The monoisotopic (exact) mass is 363 g/mol. The quantitative estimate of drug-likeness (QED) is 0.741. The molecule has 1 aliphatic heterocycles. The number of benzene rings is 1. The first kappa shape index (κ1) is 16.9. The summed E-state index contributed by atoms with van der Waals surface area (Å²) in [5, 5.41) is 18.4. The van der Waals surface area contributed by atoms with E-state index in [1.54, 1.807) is 24.3 Å². The highest BCUT2D eigenvalue weighted by Crippen LogP contribution is 2.30. The first-order valence-electron chi connectivity index (χ1n) is 7.46. The lowest BCUT2D eigenvalue weighted by molar-refractivity contribution is -0.138. The van der Waals surface area contributed by atoms with Gasteiger partial charge >= 0.3 is 5.97 Å². The number of carboxylic acids is 1. The maximum absolute atomic E-state index is 11.9. The molecule has 0 radical (unpaired) electrons. The van der Waals surface area contributed by atoms with Gasteiger partial charge in [-0.25, -0.2) is 4.68 Å². The van der Waals surface area contributed by atoms with Crippen molar-refractivity contribution in [3.63, 3.8) is 0 Å². The lowest BCUT2D eigenvalue weighted by Gasteiger charge is -2.23. The molecule has 1 aromatic carbocycles. The van der Waals surface area contributed by atoms with Crippen molar-refractivity contribution in [2.45, 2.75) is 25.3 Å². The smallest absolute Gasteiger partial charge is 0.303 e. The number of hydrogen-bond acceptors (Lipinski definition) is 5. The second-order valence-corrected chi connectivity index (χ2v) is 5.90. The summed E-state index contributed by atoms with van der Waals surface area (Å²) < 4.78 is 1.51. The number of amides is 2. The summed E-state index contributed by atoms with van der Waals surface area (Å²) in [5.74, 6) is -1.58. The van der Waals surface area contributed by atoms with E-state index in [0.29, 0.717) is 5.02 Å². The van der Waals surface area contributed by atoms with Crippen LogP contribution in [0.25, 0.3) is 0 Å². The molecule has 0 aliphatic carbocycles. The van der Waals surface area contributed by atoms with Gasteiger partial charge in [0.1, 0.15) is 0 Å². The Morgan fingerprint density at radius 3 is 2.72 bits per heavy atom. The van der Waals surface area contributed by atoms with Gasteiger partial charge in [0, 0.05) is 11.4 Å². The minimum absolute atomic E-state index is 0.00607. The number of carbonyl (C=O) groups excluding carboxylic acids is 2. The molecule has 0 fully saturated rings. The zero-order chi connectivity index (χ0) is 18.0. The molecular weight excluding hydrogens is 350 g/mol. The Morgan fingerprint density at radius 1 is 1.32 bits per heavy atom. The molecule has 3 N–H and O–H groups in total. The van der Waals surface area contributed by atoms with Crippen LogP contribution in [0.3, 0.4) is 0 Å². The summed E-state index contributed by atoms with van der Waals surface area (Å²) >= 11 is 5.89. The van der Waals surface area contributed by atoms with E-state index in [1.807, 2.05) is 0 Å². The second-order valence-electron chi connectivity index (χ2n) is 5.47. The molecule has 0 bridgehead atoms. The number of nitrogens with zero attached hydrogens (tertiary/aromatic N) is 3. The van der Waals surface area contributed by atoms with E-state index in [-0.39, 0.29) is 43.1 Å². The molecule has 130 valence electrons. The number of anilines is 2. The first-order chi connectivity index (χ1) is 11.9. The maximum Gasteiger partial charge on any atom is 0.303 e. The number of rotatable bonds is 5. The molecule has 3 rings (SSSR count). The van der Waals surface area contributed by atoms with Gasteiger partial charge in [-0.3, -0.25) is 25.0 Å². The molecule has 1 aliphatic rings. The van der Waals surface area contributed by atoms with Crippen LogP contribution in [0.1, 0.15) is 30.9 Å². The van der Waals surface area contributed by atoms with Crippen LogP contribution in [0, 0.1) is 0 Å². The number of carboxylic acid groups (broad SMARTS) is 1. The summed E-state index contributed by atoms with van der Waals surface area (Å²) in [6.45, 7) is 0. The largest absolute Gasteiger partial charge is 0.481 e. The summed E-state index contributed by atoms with van der Waals surface area (Å²) in [5.41, 5.74) is 0.828. The molecule has 2 heterocycles. The number of nitrogens with one attached hydrogen (secondary N) is 2. The summed E-state index contributed by atoms with van der Waals surface area (Å²) in [4.78, 5) is 38.2. The van der Waals surface area contributed by atoms with Crippen molar-refractivity contribution in [1.29, 1.82) is 0 Å². The molecule has 2 aromatic rings. The number of aliphatic carboxylic acids is 1. The van der Waals surface area contributed by atoms with E-state index in [1.165, 1.54) is 4.68 Å². The van der Waals surface area contributed by atoms with Crippen molar-refractivity contribution < 1.29 is 19.5 Å². The van der Waals surface area contributed by atoms with Crippen LogP contribution in [0.5, 0.6) is 0 Å². The SMILES string of the molecule is O=C(O)CCC(=O)Nc1nc2n(n1)C(c1ccc(Cl)cc1)CC(=O)N2. The third-order valence-corrected chi connectivity index (χ3v) is 3.88. The zero-order valence-corrected chi connectivity index (χ0v) is 13.7. The standard InChI is InChI=1S/C15H14ClN5O4/c16-9-3-1-8(2-4-9)10-7-12(23)18-15-19-14(20-21(10)15)17-11(22)5-6-13(24)25/h1-4,10H,5-7H2,(H,24,25)(H2,17,18,19,20,22,23). The average Bonchev–Trinajstić information content (AvgIpc) is 2.95. The van der Waals surface area contributed by atoms with Crippen molar-refractivity contribution in [2.75, 3.05) is 10.6 Å². The molecule has 1 aromatic heterocycles. The van der Waals surface area contributed by atoms with E-state index in [9.17, 15) is 14.4 Å². The van der Waals surface area contributed by atoms with Gasteiger partial charge in [-0.05, 0) is 17.7 Å². The van der Waals surface area contributed by atoms with E-state index in [4.69, 9.17) is 16.7 Å². The van der Waals surface area contributed by atoms with Gasteiger partial charge in [0.15, 0.2) is 0 Å². The van der Waals surface area contributed by atoms with Crippen molar-refractivity contribution in [2.24, 2.45) is 0 Å². The van der Waals surface area contributed by atoms with Crippen molar-refractivity contribution in [1.82, 2.24) is 14.8 Å². The van der Waals surface area contributed by atoms with Gasteiger partial charge in [-0.15, -0.1) is 5.10 Å². The number of carbonyl (C=O) groups is 3. The van der Waals surface area contributed by atoms with Gasteiger partial charge in [0.05, 0.1) is 18.9 Å². The van der Waals surface area contributed by atoms with Crippen molar-refractivity contribution >= 4 is 41.3 Å². The maximum atomic E-state index is 11.9. The Labute approximate surface area is 147 Å². The highest BCUT2D eigenvalue weighted by Gasteiger charge is 2.29. The molecule has 25 heavy (non-hydrogen) atoms. The predicted octanol–water partition coefficient (Wildman–Crippen LogP) is 1.67. The van der Waals surface area contributed by atoms with Crippen molar-refractivity contribution in [3.05, 3.63) is 34.9 Å². The highest BCUT2D eigenvalue weighted by molar-refractivity contribution is 6.30. The number of fused-ring (bicyclic) bond motifs is 1. The molecule has 1 atom stereocenters. The second kappa shape index (κ2) is 6.89. The number of aromatic nitrogens is 3. The van der Waals surface area contributed by atoms with Crippen LogP contribution in [0.15, 0.2) is 24.3 Å². The molecule has 0 saturated carbocycles. The van der Waals surface area contributed by atoms with Crippen LogP contribution in [-0.2, 0) is 14.4 Å². The normalized spacial score (nSPS) is 16.0. The molecule has 0 saturated heterocycles. The lowest BCUT2D eigenvalue weighted by Crippen LogP contribution is -2.29. The Bertz CT molecular complexity index is 833. The van der Waals surface area contributed by atoms with Gasteiger partial charge in [-0.2, -0.15) is 4.98 Å². The van der Waals surface area contributed by atoms with E-state index >= 15 is 0 Å². The van der Waals surface area contributed by atoms with Gasteiger partial charge in [0.25, 0.3) is 5.95 Å². The summed E-state index contributed by atoms with van der Waals surface area (Å²) in [6.07, 6.45) is -0.305. The Morgan fingerprint density at radius 2 is 2.04 bits per heavy atom. The van der Waals surface area contributed by atoms with Gasteiger partial charge in [-0.1, -0.05) is 23.7 Å². The number of halogens is 1. The Kier molecular flexibility index (Phi) is 4.66. The first-order valence-corrected chi connectivity index (χ1v) is 7.83. The van der Waals surface area contributed by atoms with Crippen LogP contribution in [0.2, 0.25) is 5.02 Å². The number of hydrogen-bond donors (Lipinski definition) is 3. The fourth-order valence-electron chi connectivity index (χ4n) is 2.47. The van der Waals surface area contributed by atoms with Crippen LogP contribution >= 0.6 is 11.6 Å². The van der Waals surface area contributed by atoms with E-state index in [0.717, 1.165) is 5.56 Å². The van der Waals surface area contributed by atoms with Crippen LogP contribution in [-0.4, -0.2) is 37.7 Å². The molecule has 10 heteroatoms. The average molecular weight is 364 g/mol. The third kappa shape index (κ3) is 3.94. The van der Waals surface area contributed by atoms with Gasteiger partial charge < -0.3 is 5.11 Å². The van der Waals surface area contributed by atoms with E-state index < -0.39 is 11.9 Å². The third-order valence-electron chi connectivity index (χ3n) is 3.63. The Hall–Kier alpha value is -2.94. The molecular formula is C15H14ClN5O4. The van der Waals surface area contributed by atoms with E-state index in [2.05, 4.69) is 20.7 Å². The fraction of sp³-hybridized carbons (Fsp3) is 0.267. The van der Waals surface area contributed by atoms with Crippen LogP contribution < -0.4 is 10.6 Å². The topological polar surface area (TPSA) is 126 Å². The molecule has 9 nitrogen and oxygen atoms in total. The predicted molar refractivity (Wildman–Crippen MR) is 88.4 cm³/mol. The van der Waals surface area contributed by atoms with Gasteiger partial charge in [0.2, 0.25) is 17.8 Å². The Balaban J connectivity index is 1.82. The highest BCUT2D eigenvalue weighted by atomic mass is 35.5. The lowest BCUT2D eigenvalue weighted by atomic mass is 10.0. The minimum atomic E-state index is -1.07. The molecule has 0 spiro atoms. The van der Waals surface area contributed by atoms with Crippen molar-refractivity contribution in [3.8, 4) is 0 Å². The molecule has 1 unspecified atom stereocenters. The van der Waals surface area contributed by atoms with Crippen LogP contribution in [0.4, 0.5) is 11.9 Å². The fourth-order valence-corrected chi connectivity index (χ4v) is 2.59. The summed E-state index contributed by atoms with van der Waals surface area (Å²) in [6, 6.07) is 6.64. The summed E-state index contributed by atoms with van der Waals surface area (Å²) in [7, 11) is 0. The molecule has 2 amide bonds.